The van der Waals surface area contributed by atoms with E-state index in [0.717, 1.165) is 52.1 Å². The lowest BCUT2D eigenvalue weighted by molar-refractivity contribution is -0.134. The van der Waals surface area contributed by atoms with Crippen molar-refractivity contribution in [1.82, 2.24) is 4.90 Å². The molecular weight excluding hydrogens is 538 g/mol. The maximum absolute atomic E-state index is 12.4. The molecule has 6 nitrogen and oxygen atoms in total. The number of anilines is 2. The SMILES string of the molecule is COc1c(Br)cc(Br)cc1/C=C/C(=O)Nc1ccc(N2CCN(C(=O)C(C)C)CC2)cc1. The van der Waals surface area contributed by atoms with Crippen molar-refractivity contribution >= 4 is 61.1 Å². The monoisotopic (exact) mass is 563 g/mol. The molecule has 3 rings (SSSR count). The number of nitrogens with one attached hydrogen (secondary N) is 1. The quantitative estimate of drug-likeness (QED) is 0.491. The third-order valence-electron chi connectivity index (χ3n) is 5.24. The second-order valence-corrected chi connectivity index (χ2v) is 9.62. The highest BCUT2D eigenvalue weighted by Crippen LogP contribution is 2.33. The molecule has 2 amide bonds. The van der Waals surface area contributed by atoms with Gasteiger partial charge in [0.1, 0.15) is 5.75 Å². The van der Waals surface area contributed by atoms with E-state index in [2.05, 4.69) is 42.1 Å². The number of nitrogens with zero attached hydrogens (tertiary/aromatic N) is 2. The van der Waals surface area contributed by atoms with Gasteiger partial charge in [-0.25, -0.2) is 0 Å². The molecule has 1 saturated heterocycles. The number of carbonyl (C=O) groups excluding carboxylic acids is 2. The van der Waals surface area contributed by atoms with Gasteiger partial charge in [-0.1, -0.05) is 29.8 Å². The predicted molar refractivity (Wildman–Crippen MR) is 136 cm³/mol. The standard InChI is InChI=1S/C24H27Br2N3O3/c1-16(2)24(31)29-12-10-28(11-13-29)20-7-5-19(6-8-20)27-22(30)9-4-17-14-18(25)15-21(26)23(17)32-3/h4-9,14-16H,10-13H2,1-3H3,(H,27,30)/b9-4+. The fraction of sp³-hybridized carbons (Fsp3) is 0.333. The Hall–Kier alpha value is -2.32. The molecule has 2 aromatic rings. The first-order valence-corrected chi connectivity index (χ1v) is 12.0. The number of carbonyl (C=O) groups is 2. The van der Waals surface area contributed by atoms with Crippen molar-refractivity contribution in [3.05, 3.63) is 57.0 Å². The van der Waals surface area contributed by atoms with Crippen LogP contribution in [0.5, 0.6) is 5.75 Å². The van der Waals surface area contributed by atoms with Gasteiger partial charge in [0.15, 0.2) is 0 Å². The maximum Gasteiger partial charge on any atom is 0.248 e. The summed E-state index contributed by atoms with van der Waals surface area (Å²) in [7, 11) is 1.59. The molecule has 0 bridgehead atoms. The van der Waals surface area contributed by atoms with Gasteiger partial charge in [-0.05, 0) is 58.4 Å². The Morgan fingerprint density at radius 1 is 1.06 bits per heavy atom. The second kappa shape index (κ2) is 11.0. The summed E-state index contributed by atoms with van der Waals surface area (Å²) in [5.74, 6) is 0.682. The van der Waals surface area contributed by atoms with Crippen LogP contribution < -0.4 is 15.0 Å². The molecule has 32 heavy (non-hydrogen) atoms. The number of rotatable bonds is 6. The zero-order chi connectivity index (χ0) is 23.3. The number of methoxy groups -OCH3 is 1. The van der Waals surface area contributed by atoms with Crippen LogP contribution >= 0.6 is 31.9 Å². The number of hydrogen-bond donors (Lipinski definition) is 1. The third-order valence-corrected chi connectivity index (χ3v) is 6.29. The van der Waals surface area contributed by atoms with Crippen LogP contribution in [0.2, 0.25) is 0 Å². The zero-order valence-electron chi connectivity index (χ0n) is 18.4. The van der Waals surface area contributed by atoms with Gasteiger partial charge >= 0.3 is 0 Å². The summed E-state index contributed by atoms with van der Waals surface area (Å²) < 4.78 is 7.10. The summed E-state index contributed by atoms with van der Waals surface area (Å²) in [6.07, 6.45) is 3.20. The molecule has 170 valence electrons. The molecule has 0 atom stereocenters. The number of halogens is 2. The summed E-state index contributed by atoms with van der Waals surface area (Å²) in [6.45, 7) is 6.94. The molecule has 1 aliphatic rings. The summed E-state index contributed by atoms with van der Waals surface area (Å²) in [4.78, 5) is 28.7. The Morgan fingerprint density at radius 3 is 2.31 bits per heavy atom. The molecule has 0 unspecified atom stereocenters. The molecule has 1 N–H and O–H groups in total. The average molecular weight is 565 g/mol. The molecule has 0 saturated carbocycles. The molecule has 0 spiro atoms. The summed E-state index contributed by atoms with van der Waals surface area (Å²) in [5.41, 5.74) is 2.59. The molecule has 0 radical (unpaired) electrons. The van der Waals surface area contributed by atoms with Gasteiger partial charge in [0.2, 0.25) is 11.8 Å². The zero-order valence-corrected chi connectivity index (χ0v) is 21.6. The normalized spacial score (nSPS) is 14.2. The van der Waals surface area contributed by atoms with Crippen LogP contribution in [0.25, 0.3) is 6.08 Å². The minimum absolute atomic E-state index is 0.0320. The maximum atomic E-state index is 12.4. The molecule has 0 aromatic heterocycles. The van der Waals surface area contributed by atoms with Crippen molar-refractivity contribution < 1.29 is 14.3 Å². The third kappa shape index (κ3) is 6.13. The highest BCUT2D eigenvalue weighted by atomic mass is 79.9. The van der Waals surface area contributed by atoms with Crippen LogP contribution in [-0.4, -0.2) is 50.0 Å². The second-order valence-electron chi connectivity index (χ2n) is 7.85. The molecule has 0 aliphatic carbocycles. The highest BCUT2D eigenvalue weighted by molar-refractivity contribution is 9.11. The number of hydrogen-bond acceptors (Lipinski definition) is 4. The van der Waals surface area contributed by atoms with Gasteiger partial charge in [-0.15, -0.1) is 0 Å². The van der Waals surface area contributed by atoms with Crippen molar-refractivity contribution in [2.24, 2.45) is 5.92 Å². The van der Waals surface area contributed by atoms with E-state index < -0.39 is 0 Å². The molecule has 1 heterocycles. The molecule has 2 aromatic carbocycles. The average Bonchev–Trinajstić information content (AvgIpc) is 2.77. The van der Waals surface area contributed by atoms with Crippen LogP contribution in [0.1, 0.15) is 19.4 Å². The Morgan fingerprint density at radius 2 is 1.72 bits per heavy atom. The van der Waals surface area contributed by atoms with E-state index in [9.17, 15) is 9.59 Å². The van der Waals surface area contributed by atoms with Crippen molar-refractivity contribution in [3.8, 4) is 5.75 Å². The van der Waals surface area contributed by atoms with Crippen LogP contribution in [0.3, 0.4) is 0 Å². The van der Waals surface area contributed by atoms with Crippen LogP contribution in [-0.2, 0) is 9.59 Å². The Kier molecular flexibility index (Phi) is 8.37. The van der Waals surface area contributed by atoms with E-state index in [1.54, 1.807) is 13.2 Å². The minimum atomic E-state index is -0.225. The lowest BCUT2D eigenvalue weighted by Crippen LogP contribution is -2.49. The fourth-order valence-corrected chi connectivity index (χ4v) is 4.99. The molecule has 8 heteroatoms. The number of ether oxygens (including phenoxy) is 1. The predicted octanol–water partition coefficient (Wildman–Crippen LogP) is 5.18. The van der Waals surface area contributed by atoms with Crippen molar-refractivity contribution in [1.29, 1.82) is 0 Å². The van der Waals surface area contributed by atoms with E-state index in [4.69, 9.17) is 4.74 Å². The van der Waals surface area contributed by atoms with Gasteiger partial charge in [-0.3, -0.25) is 9.59 Å². The first-order chi connectivity index (χ1) is 15.3. The van der Waals surface area contributed by atoms with E-state index in [-0.39, 0.29) is 17.7 Å². The fourth-order valence-electron chi connectivity index (χ4n) is 3.57. The van der Waals surface area contributed by atoms with E-state index in [1.807, 2.05) is 55.1 Å². The van der Waals surface area contributed by atoms with Crippen molar-refractivity contribution in [2.75, 3.05) is 43.5 Å². The number of amides is 2. The first-order valence-electron chi connectivity index (χ1n) is 10.4. The lowest BCUT2D eigenvalue weighted by Gasteiger charge is -2.37. The molecular formula is C24H27Br2N3O3. The van der Waals surface area contributed by atoms with Gasteiger partial charge in [0.05, 0.1) is 11.6 Å². The topological polar surface area (TPSA) is 61.9 Å². The van der Waals surface area contributed by atoms with Crippen molar-refractivity contribution in [3.63, 3.8) is 0 Å². The number of piperazine rings is 1. The summed E-state index contributed by atoms with van der Waals surface area (Å²) in [6, 6.07) is 11.5. The molecule has 1 aliphatic heterocycles. The first kappa shape index (κ1) is 24.3. The van der Waals surface area contributed by atoms with Gasteiger partial charge < -0.3 is 19.9 Å². The van der Waals surface area contributed by atoms with E-state index in [0.29, 0.717) is 5.75 Å². The van der Waals surface area contributed by atoms with Crippen molar-refractivity contribution in [2.45, 2.75) is 13.8 Å². The van der Waals surface area contributed by atoms with E-state index in [1.165, 1.54) is 6.08 Å². The summed E-state index contributed by atoms with van der Waals surface area (Å²) in [5, 5.41) is 2.88. The lowest BCUT2D eigenvalue weighted by atomic mass is 10.1. The number of benzene rings is 2. The Balaban J connectivity index is 1.58. The van der Waals surface area contributed by atoms with Crippen LogP contribution in [0.15, 0.2) is 51.4 Å². The largest absolute Gasteiger partial charge is 0.495 e. The van der Waals surface area contributed by atoms with Crippen LogP contribution in [0.4, 0.5) is 11.4 Å². The van der Waals surface area contributed by atoms with Gasteiger partial charge in [0.25, 0.3) is 0 Å². The molecule has 1 fully saturated rings. The highest BCUT2D eigenvalue weighted by Gasteiger charge is 2.22. The van der Waals surface area contributed by atoms with E-state index >= 15 is 0 Å². The van der Waals surface area contributed by atoms with Gasteiger partial charge in [0, 0.05) is 59.6 Å². The van der Waals surface area contributed by atoms with Gasteiger partial charge in [-0.2, -0.15) is 0 Å². The Bertz CT molecular complexity index is 998. The summed E-state index contributed by atoms with van der Waals surface area (Å²) >= 11 is 6.91. The Labute approximate surface area is 205 Å². The minimum Gasteiger partial charge on any atom is -0.495 e. The van der Waals surface area contributed by atoms with Crippen LogP contribution in [0, 0.1) is 5.92 Å². The smallest absolute Gasteiger partial charge is 0.248 e.